The van der Waals surface area contributed by atoms with E-state index in [1.54, 1.807) is 24.0 Å². The monoisotopic (exact) mass is 270 g/mol. The normalized spacial score (nSPS) is 17.2. The van der Waals surface area contributed by atoms with Crippen LogP contribution < -0.4 is 10.6 Å². The average Bonchev–Trinajstić information content (AvgIpc) is 2.86. The molecule has 1 atom stereocenters. The summed E-state index contributed by atoms with van der Waals surface area (Å²) in [6, 6.07) is 8.15. The van der Waals surface area contributed by atoms with Crippen LogP contribution in [0.2, 0.25) is 0 Å². The third-order valence-electron chi connectivity index (χ3n) is 3.69. The number of benzene rings is 1. The molecular weight excluding hydrogens is 252 g/mol. The van der Waals surface area contributed by atoms with E-state index in [4.69, 9.17) is 0 Å². The molecule has 1 aliphatic rings. The van der Waals surface area contributed by atoms with Gasteiger partial charge in [-0.15, -0.1) is 0 Å². The number of amides is 1. The lowest BCUT2D eigenvalue weighted by Gasteiger charge is -2.26. The Balaban J connectivity index is 1.88. The maximum atomic E-state index is 12.3. The molecule has 20 heavy (non-hydrogen) atoms. The Morgan fingerprint density at radius 3 is 3.05 bits per heavy atom. The van der Waals surface area contributed by atoms with Crippen molar-refractivity contribution in [1.82, 2.24) is 9.78 Å². The number of carbonyl (C=O) groups excluding carboxylic acids is 1. The molecule has 0 saturated carbocycles. The predicted octanol–water partition coefficient (Wildman–Crippen LogP) is 2.42. The van der Waals surface area contributed by atoms with Gasteiger partial charge in [-0.05, 0) is 37.5 Å². The Bertz CT molecular complexity index is 647. The zero-order chi connectivity index (χ0) is 14.1. The van der Waals surface area contributed by atoms with E-state index < -0.39 is 0 Å². The van der Waals surface area contributed by atoms with Crippen molar-refractivity contribution in [3.63, 3.8) is 0 Å². The fraction of sp³-hybridized carbons (Fsp3) is 0.333. The third-order valence-corrected chi connectivity index (χ3v) is 3.69. The number of carbonyl (C=O) groups is 1. The number of fused-ring (bicyclic) bond motifs is 1. The molecule has 0 aliphatic carbocycles. The van der Waals surface area contributed by atoms with E-state index in [1.165, 1.54) is 5.56 Å². The predicted molar refractivity (Wildman–Crippen MR) is 79.0 cm³/mol. The van der Waals surface area contributed by atoms with Gasteiger partial charge < -0.3 is 10.6 Å². The highest BCUT2D eigenvalue weighted by Gasteiger charge is 2.19. The Labute approximate surface area is 118 Å². The first-order chi connectivity index (χ1) is 9.65. The maximum Gasteiger partial charge on any atom is 0.273 e. The van der Waals surface area contributed by atoms with Gasteiger partial charge in [0.05, 0.1) is 11.4 Å². The standard InChI is InChI=1S/C15H18N4O/c1-10-6-7-11-4-3-5-12(14(11)17-10)18-15(20)13-8-9-16-19(13)2/h3-5,8-10,17H,6-7H2,1-2H3,(H,18,20). The van der Waals surface area contributed by atoms with Gasteiger partial charge in [-0.1, -0.05) is 12.1 Å². The van der Waals surface area contributed by atoms with Crippen LogP contribution in [0.5, 0.6) is 0 Å². The molecule has 0 spiro atoms. The lowest BCUT2D eigenvalue weighted by molar-refractivity contribution is 0.101. The highest BCUT2D eigenvalue weighted by Crippen LogP contribution is 2.32. The van der Waals surface area contributed by atoms with Gasteiger partial charge in [-0.3, -0.25) is 9.48 Å². The lowest BCUT2D eigenvalue weighted by Crippen LogP contribution is -2.24. The molecule has 3 rings (SSSR count). The number of rotatable bonds is 2. The van der Waals surface area contributed by atoms with Gasteiger partial charge in [-0.2, -0.15) is 5.10 Å². The summed E-state index contributed by atoms with van der Waals surface area (Å²) in [5.41, 5.74) is 3.68. The van der Waals surface area contributed by atoms with E-state index in [9.17, 15) is 4.79 Å². The van der Waals surface area contributed by atoms with Gasteiger partial charge in [0, 0.05) is 19.3 Å². The topological polar surface area (TPSA) is 59.0 Å². The van der Waals surface area contributed by atoms with Crippen LogP contribution in [0.15, 0.2) is 30.5 Å². The first-order valence-corrected chi connectivity index (χ1v) is 6.83. The highest BCUT2D eigenvalue weighted by atomic mass is 16.2. The molecule has 1 aromatic carbocycles. The Morgan fingerprint density at radius 2 is 2.30 bits per heavy atom. The van der Waals surface area contributed by atoms with Crippen molar-refractivity contribution in [3.8, 4) is 0 Å². The fourth-order valence-electron chi connectivity index (χ4n) is 2.56. The minimum atomic E-state index is -0.140. The smallest absolute Gasteiger partial charge is 0.273 e. The molecule has 1 aliphatic heterocycles. The minimum Gasteiger partial charge on any atom is -0.381 e. The zero-order valence-electron chi connectivity index (χ0n) is 11.7. The minimum absolute atomic E-state index is 0.140. The van der Waals surface area contributed by atoms with Gasteiger partial charge in [0.2, 0.25) is 0 Å². The Hall–Kier alpha value is -2.30. The van der Waals surface area contributed by atoms with Crippen LogP contribution in [-0.2, 0) is 13.5 Å². The largest absolute Gasteiger partial charge is 0.381 e. The van der Waals surface area contributed by atoms with E-state index in [0.717, 1.165) is 24.2 Å². The Kier molecular flexibility index (Phi) is 3.18. The number of para-hydroxylation sites is 1. The first-order valence-electron chi connectivity index (χ1n) is 6.83. The molecule has 1 unspecified atom stereocenters. The van der Waals surface area contributed by atoms with Crippen molar-refractivity contribution in [1.29, 1.82) is 0 Å². The second-order valence-electron chi connectivity index (χ2n) is 5.22. The van der Waals surface area contributed by atoms with E-state index in [0.29, 0.717) is 11.7 Å². The SMILES string of the molecule is CC1CCc2cccc(NC(=O)c3ccnn3C)c2N1. The molecule has 0 saturated heterocycles. The summed E-state index contributed by atoms with van der Waals surface area (Å²) < 4.78 is 1.57. The van der Waals surface area contributed by atoms with Crippen LogP contribution in [0.1, 0.15) is 29.4 Å². The van der Waals surface area contributed by atoms with Gasteiger partial charge in [0.15, 0.2) is 0 Å². The van der Waals surface area contributed by atoms with E-state index in [2.05, 4.69) is 28.7 Å². The van der Waals surface area contributed by atoms with Crippen molar-refractivity contribution in [2.75, 3.05) is 10.6 Å². The van der Waals surface area contributed by atoms with E-state index >= 15 is 0 Å². The number of nitrogens with zero attached hydrogens (tertiary/aromatic N) is 2. The summed E-state index contributed by atoms with van der Waals surface area (Å²) >= 11 is 0. The second kappa shape index (κ2) is 5.00. The number of anilines is 2. The molecular formula is C15H18N4O. The van der Waals surface area contributed by atoms with Crippen LogP contribution >= 0.6 is 0 Å². The summed E-state index contributed by atoms with van der Waals surface area (Å²) in [5.74, 6) is -0.140. The van der Waals surface area contributed by atoms with Crippen LogP contribution in [0, 0.1) is 0 Å². The van der Waals surface area contributed by atoms with Crippen molar-refractivity contribution < 1.29 is 4.79 Å². The van der Waals surface area contributed by atoms with Gasteiger partial charge in [-0.25, -0.2) is 0 Å². The highest BCUT2D eigenvalue weighted by molar-refractivity contribution is 6.05. The molecule has 1 aromatic heterocycles. The fourth-order valence-corrected chi connectivity index (χ4v) is 2.56. The van der Waals surface area contributed by atoms with Crippen molar-refractivity contribution in [2.24, 2.45) is 7.05 Å². The first kappa shape index (κ1) is 12.7. The van der Waals surface area contributed by atoms with Crippen molar-refractivity contribution in [3.05, 3.63) is 41.7 Å². The quantitative estimate of drug-likeness (QED) is 0.881. The molecule has 0 fully saturated rings. The molecule has 2 N–H and O–H groups in total. The number of nitrogens with one attached hydrogen (secondary N) is 2. The molecule has 104 valence electrons. The zero-order valence-corrected chi connectivity index (χ0v) is 11.7. The van der Waals surface area contributed by atoms with Crippen molar-refractivity contribution >= 4 is 17.3 Å². The molecule has 5 nitrogen and oxygen atoms in total. The summed E-state index contributed by atoms with van der Waals surface area (Å²) in [6.07, 6.45) is 3.78. The lowest BCUT2D eigenvalue weighted by atomic mass is 9.98. The molecule has 0 radical (unpaired) electrons. The maximum absolute atomic E-state index is 12.3. The second-order valence-corrected chi connectivity index (χ2v) is 5.22. The van der Waals surface area contributed by atoms with E-state index in [-0.39, 0.29) is 5.91 Å². The number of aryl methyl sites for hydroxylation is 2. The van der Waals surface area contributed by atoms with Crippen LogP contribution in [-0.4, -0.2) is 21.7 Å². The van der Waals surface area contributed by atoms with Gasteiger partial charge in [0.1, 0.15) is 5.69 Å². The summed E-state index contributed by atoms with van der Waals surface area (Å²) in [4.78, 5) is 12.3. The number of hydrogen-bond donors (Lipinski definition) is 2. The molecule has 2 aromatic rings. The van der Waals surface area contributed by atoms with Crippen molar-refractivity contribution in [2.45, 2.75) is 25.8 Å². The molecule has 5 heteroatoms. The molecule has 1 amide bonds. The molecule has 2 heterocycles. The van der Waals surface area contributed by atoms with Crippen LogP contribution in [0.4, 0.5) is 11.4 Å². The van der Waals surface area contributed by atoms with Gasteiger partial charge in [0.25, 0.3) is 5.91 Å². The van der Waals surface area contributed by atoms with Gasteiger partial charge >= 0.3 is 0 Å². The van der Waals surface area contributed by atoms with E-state index in [1.807, 2.05) is 12.1 Å². The van der Waals surface area contributed by atoms with Crippen LogP contribution in [0.25, 0.3) is 0 Å². The Morgan fingerprint density at radius 1 is 1.45 bits per heavy atom. The summed E-state index contributed by atoms with van der Waals surface area (Å²) in [5, 5.41) is 10.4. The molecule has 0 bridgehead atoms. The summed E-state index contributed by atoms with van der Waals surface area (Å²) in [7, 11) is 1.76. The average molecular weight is 270 g/mol. The third kappa shape index (κ3) is 2.27. The summed E-state index contributed by atoms with van der Waals surface area (Å²) in [6.45, 7) is 2.16. The van der Waals surface area contributed by atoms with Crippen LogP contribution in [0.3, 0.4) is 0 Å². The number of aromatic nitrogens is 2. The number of hydrogen-bond acceptors (Lipinski definition) is 3.